The highest BCUT2D eigenvalue weighted by atomic mass is 79.9. The summed E-state index contributed by atoms with van der Waals surface area (Å²) in [6.07, 6.45) is 0. The van der Waals surface area contributed by atoms with Gasteiger partial charge in [-0.05, 0) is 28.9 Å². The molecule has 0 aliphatic carbocycles. The fourth-order valence-electron chi connectivity index (χ4n) is 1.45. The van der Waals surface area contributed by atoms with Crippen LogP contribution in [0.1, 0.15) is 12.5 Å². The SMILES string of the molecule is Cc1cc(Br)c(NC(=O)NCC(C)C(=O)O)cc1[N+](=O)[O-]. The highest BCUT2D eigenvalue weighted by Gasteiger charge is 2.17. The van der Waals surface area contributed by atoms with E-state index >= 15 is 0 Å². The maximum atomic E-state index is 11.7. The Morgan fingerprint density at radius 3 is 2.62 bits per heavy atom. The van der Waals surface area contributed by atoms with Gasteiger partial charge in [0.15, 0.2) is 0 Å². The second-order valence-electron chi connectivity index (χ2n) is 4.45. The van der Waals surface area contributed by atoms with E-state index in [1.165, 1.54) is 19.1 Å². The van der Waals surface area contributed by atoms with Crippen LogP contribution in [0.15, 0.2) is 16.6 Å². The Morgan fingerprint density at radius 2 is 2.10 bits per heavy atom. The van der Waals surface area contributed by atoms with Gasteiger partial charge in [-0.1, -0.05) is 6.92 Å². The number of benzene rings is 1. The van der Waals surface area contributed by atoms with E-state index in [0.717, 1.165) is 0 Å². The molecule has 3 N–H and O–H groups in total. The lowest BCUT2D eigenvalue weighted by Crippen LogP contribution is -2.34. The number of aliphatic carboxylic acids is 1. The first-order valence-corrected chi connectivity index (χ1v) is 6.74. The van der Waals surface area contributed by atoms with Crippen LogP contribution in [0.2, 0.25) is 0 Å². The van der Waals surface area contributed by atoms with Crippen LogP contribution < -0.4 is 10.6 Å². The number of anilines is 1. The fraction of sp³-hybridized carbons (Fsp3) is 0.333. The smallest absolute Gasteiger partial charge is 0.319 e. The number of amides is 2. The van der Waals surface area contributed by atoms with Gasteiger partial charge in [-0.2, -0.15) is 0 Å². The summed E-state index contributed by atoms with van der Waals surface area (Å²) in [5.74, 6) is -1.76. The zero-order valence-corrected chi connectivity index (χ0v) is 12.9. The van der Waals surface area contributed by atoms with Crippen LogP contribution in [0, 0.1) is 23.0 Å². The minimum absolute atomic E-state index is 0.0489. The van der Waals surface area contributed by atoms with Crippen molar-refractivity contribution in [1.82, 2.24) is 5.32 Å². The number of rotatable bonds is 5. The number of nitro benzene ring substituents is 1. The number of urea groups is 1. The Hall–Kier alpha value is -2.16. The lowest BCUT2D eigenvalue weighted by atomic mass is 10.2. The van der Waals surface area contributed by atoms with Crippen molar-refractivity contribution in [3.05, 3.63) is 32.3 Å². The summed E-state index contributed by atoms with van der Waals surface area (Å²) < 4.78 is 0.493. The Morgan fingerprint density at radius 1 is 1.48 bits per heavy atom. The highest BCUT2D eigenvalue weighted by Crippen LogP contribution is 2.30. The molecule has 1 aromatic rings. The predicted octanol–water partition coefficient (Wildman–Crippen LogP) is 2.51. The lowest BCUT2D eigenvalue weighted by molar-refractivity contribution is -0.385. The largest absolute Gasteiger partial charge is 0.481 e. The van der Waals surface area contributed by atoms with Gasteiger partial charge in [-0.15, -0.1) is 0 Å². The van der Waals surface area contributed by atoms with Gasteiger partial charge in [0.2, 0.25) is 0 Å². The molecule has 9 heteroatoms. The van der Waals surface area contributed by atoms with Crippen molar-refractivity contribution in [1.29, 1.82) is 0 Å². The molecular weight excluding hydrogens is 346 g/mol. The molecule has 0 aliphatic heterocycles. The summed E-state index contributed by atoms with van der Waals surface area (Å²) in [4.78, 5) is 32.6. The highest BCUT2D eigenvalue weighted by molar-refractivity contribution is 9.10. The van der Waals surface area contributed by atoms with Crippen molar-refractivity contribution >= 4 is 39.3 Å². The van der Waals surface area contributed by atoms with E-state index in [-0.39, 0.29) is 17.9 Å². The number of hydrogen-bond acceptors (Lipinski definition) is 4. The summed E-state index contributed by atoms with van der Waals surface area (Å²) in [5.41, 5.74) is 0.567. The van der Waals surface area contributed by atoms with E-state index in [2.05, 4.69) is 26.6 Å². The Balaban J connectivity index is 2.78. The van der Waals surface area contributed by atoms with Gasteiger partial charge in [-0.25, -0.2) is 4.79 Å². The topological polar surface area (TPSA) is 122 Å². The number of carbonyl (C=O) groups is 2. The normalized spacial score (nSPS) is 11.6. The molecule has 1 atom stereocenters. The van der Waals surface area contributed by atoms with Gasteiger partial charge in [0.25, 0.3) is 5.69 Å². The van der Waals surface area contributed by atoms with E-state index in [9.17, 15) is 19.7 Å². The molecule has 1 aromatic carbocycles. The molecule has 114 valence electrons. The molecule has 1 unspecified atom stereocenters. The van der Waals surface area contributed by atoms with Gasteiger partial charge in [0, 0.05) is 22.6 Å². The first-order valence-electron chi connectivity index (χ1n) is 5.94. The number of nitrogens with one attached hydrogen (secondary N) is 2. The quantitative estimate of drug-likeness (QED) is 0.550. The number of carbonyl (C=O) groups excluding carboxylic acids is 1. The molecule has 2 amide bonds. The van der Waals surface area contributed by atoms with Crippen LogP contribution in [-0.4, -0.2) is 28.6 Å². The molecule has 0 fully saturated rings. The maximum absolute atomic E-state index is 11.7. The molecule has 0 heterocycles. The summed E-state index contributed by atoms with van der Waals surface area (Å²) in [7, 11) is 0. The van der Waals surface area contributed by atoms with Crippen LogP contribution in [0.5, 0.6) is 0 Å². The Bertz CT molecular complexity index is 591. The van der Waals surface area contributed by atoms with Gasteiger partial charge in [0.1, 0.15) is 0 Å². The van der Waals surface area contributed by atoms with Crippen molar-refractivity contribution in [2.75, 3.05) is 11.9 Å². The van der Waals surface area contributed by atoms with Crippen LogP contribution in [-0.2, 0) is 4.79 Å². The number of carboxylic acids is 1. The van der Waals surface area contributed by atoms with E-state index in [4.69, 9.17) is 5.11 Å². The standard InChI is InChI=1S/C12H14BrN3O5/c1-6-3-8(13)9(4-10(6)16(20)21)15-12(19)14-5-7(2)11(17)18/h3-4,7H,5H2,1-2H3,(H,17,18)(H2,14,15,19). The molecular formula is C12H14BrN3O5. The molecule has 0 saturated heterocycles. The van der Waals surface area contributed by atoms with E-state index in [1.807, 2.05) is 0 Å². The second-order valence-corrected chi connectivity index (χ2v) is 5.30. The maximum Gasteiger partial charge on any atom is 0.319 e. The predicted molar refractivity (Wildman–Crippen MR) is 79.4 cm³/mol. The van der Waals surface area contributed by atoms with Crippen molar-refractivity contribution in [2.45, 2.75) is 13.8 Å². The minimum atomic E-state index is -1.03. The number of nitro groups is 1. The lowest BCUT2D eigenvalue weighted by Gasteiger charge is -2.11. The Labute approximate surface area is 128 Å². The van der Waals surface area contributed by atoms with E-state index in [1.54, 1.807) is 6.92 Å². The molecule has 0 bridgehead atoms. The summed E-state index contributed by atoms with van der Waals surface area (Å²) >= 11 is 3.20. The summed E-state index contributed by atoms with van der Waals surface area (Å²) in [6.45, 7) is 2.99. The van der Waals surface area contributed by atoms with Crippen LogP contribution >= 0.6 is 15.9 Å². The molecule has 1 rings (SSSR count). The summed E-state index contributed by atoms with van der Waals surface area (Å²) in [5, 5.41) is 24.4. The van der Waals surface area contributed by atoms with E-state index in [0.29, 0.717) is 10.0 Å². The van der Waals surface area contributed by atoms with Gasteiger partial charge in [0.05, 0.1) is 16.5 Å². The average Bonchev–Trinajstić information content (AvgIpc) is 2.38. The first-order chi connectivity index (χ1) is 9.72. The second kappa shape index (κ2) is 7.02. The van der Waals surface area contributed by atoms with Gasteiger partial charge in [-0.3, -0.25) is 14.9 Å². The zero-order valence-electron chi connectivity index (χ0n) is 11.3. The van der Waals surface area contributed by atoms with Crippen LogP contribution in [0.4, 0.5) is 16.2 Å². The number of hydrogen-bond donors (Lipinski definition) is 3. The van der Waals surface area contributed by atoms with E-state index < -0.39 is 22.8 Å². The Kier molecular flexibility index (Phi) is 5.65. The summed E-state index contributed by atoms with van der Waals surface area (Å²) in [6, 6.07) is 2.12. The monoisotopic (exact) mass is 359 g/mol. The van der Waals surface area contributed by atoms with Crippen molar-refractivity contribution in [3.8, 4) is 0 Å². The molecule has 0 saturated carbocycles. The molecule has 8 nitrogen and oxygen atoms in total. The van der Waals surface area contributed by atoms with Gasteiger partial charge < -0.3 is 15.7 Å². The van der Waals surface area contributed by atoms with Crippen LogP contribution in [0.25, 0.3) is 0 Å². The van der Waals surface area contributed by atoms with Crippen molar-refractivity contribution in [2.24, 2.45) is 5.92 Å². The number of aryl methyl sites for hydroxylation is 1. The molecule has 0 radical (unpaired) electrons. The molecule has 0 aliphatic rings. The third-order valence-electron chi connectivity index (χ3n) is 2.72. The third kappa shape index (κ3) is 4.71. The molecule has 0 spiro atoms. The molecule has 0 aromatic heterocycles. The van der Waals surface area contributed by atoms with Crippen LogP contribution in [0.3, 0.4) is 0 Å². The zero-order chi connectivity index (χ0) is 16.2. The number of nitrogens with zero attached hydrogens (tertiary/aromatic N) is 1. The van der Waals surface area contributed by atoms with Crippen molar-refractivity contribution < 1.29 is 19.6 Å². The van der Waals surface area contributed by atoms with Gasteiger partial charge >= 0.3 is 12.0 Å². The average molecular weight is 360 g/mol. The molecule has 21 heavy (non-hydrogen) atoms. The number of carboxylic acid groups (broad SMARTS) is 1. The minimum Gasteiger partial charge on any atom is -0.481 e. The third-order valence-corrected chi connectivity index (χ3v) is 3.38. The van der Waals surface area contributed by atoms with Crippen molar-refractivity contribution in [3.63, 3.8) is 0 Å². The number of halogens is 1. The first kappa shape index (κ1) is 16.9. The fourth-order valence-corrected chi connectivity index (χ4v) is 2.01.